The first-order valence-electron chi connectivity index (χ1n) is 6.70. The molecule has 0 aromatic carbocycles. The lowest BCUT2D eigenvalue weighted by Crippen LogP contribution is -2.04. The molecule has 4 heteroatoms. The summed E-state index contributed by atoms with van der Waals surface area (Å²) in [6.45, 7) is 4.01. The van der Waals surface area contributed by atoms with Gasteiger partial charge in [0.25, 0.3) is 0 Å². The minimum absolute atomic E-state index is 0.804. The van der Waals surface area contributed by atoms with Crippen LogP contribution in [0.15, 0.2) is 12.1 Å². The molecule has 1 aliphatic rings. The van der Waals surface area contributed by atoms with Gasteiger partial charge in [0.05, 0.1) is 0 Å². The van der Waals surface area contributed by atoms with E-state index in [1.807, 2.05) is 33.0 Å². The van der Waals surface area contributed by atoms with Crippen molar-refractivity contribution in [3.8, 4) is 11.4 Å². The van der Waals surface area contributed by atoms with Crippen LogP contribution in [0.4, 0.5) is 5.82 Å². The third-order valence-electron chi connectivity index (χ3n) is 3.51. The zero-order valence-electron chi connectivity index (χ0n) is 11.6. The minimum atomic E-state index is 0.804. The predicted octanol–water partition coefficient (Wildman–Crippen LogP) is 2.69. The fraction of sp³-hybridized carbons (Fsp3) is 0.400. The molecule has 3 rings (SSSR count). The number of nitrogens with one attached hydrogen (secondary N) is 1. The van der Waals surface area contributed by atoms with Crippen molar-refractivity contribution in [2.24, 2.45) is 0 Å². The summed E-state index contributed by atoms with van der Waals surface area (Å²) in [7, 11) is 1.92. The normalized spacial score (nSPS) is 13.4. The van der Waals surface area contributed by atoms with Crippen LogP contribution in [-0.2, 0) is 12.8 Å². The second-order valence-electron chi connectivity index (χ2n) is 5.06. The lowest BCUT2D eigenvalue weighted by atomic mass is 10.1. The van der Waals surface area contributed by atoms with Crippen LogP contribution in [-0.4, -0.2) is 22.0 Å². The standard InChI is InChI=1S/C15H18N4/c1-9-7-11(8-10(2)17-9)14-18-13-6-4-5-12(13)15(16-3)19-14/h7-8H,4-6H2,1-3H3,(H,16,18,19). The van der Waals surface area contributed by atoms with Crippen LogP contribution in [0.3, 0.4) is 0 Å². The van der Waals surface area contributed by atoms with E-state index < -0.39 is 0 Å². The highest BCUT2D eigenvalue weighted by molar-refractivity contribution is 5.61. The van der Waals surface area contributed by atoms with Crippen molar-refractivity contribution in [1.29, 1.82) is 0 Å². The first-order chi connectivity index (χ1) is 9.17. The molecule has 1 N–H and O–H groups in total. The number of aromatic nitrogens is 3. The van der Waals surface area contributed by atoms with Crippen LogP contribution < -0.4 is 5.32 Å². The van der Waals surface area contributed by atoms with E-state index in [1.165, 1.54) is 17.7 Å². The number of rotatable bonds is 2. The number of aryl methyl sites for hydroxylation is 3. The Hall–Kier alpha value is -1.97. The quantitative estimate of drug-likeness (QED) is 0.895. The average Bonchev–Trinajstić information content (AvgIpc) is 2.84. The van der Waals surface area contributed by atoms with E-state index >= 15 is 0 Å². The summed E-state index contributed by atoms with van der Waals surface area (Å²) < 4.78 is 0. The number of nitrogens with zero attached hydrogens (tertiary/aromatic N) is 3. The largest absolute Gasteiger partial charge is 0.373 e. The molecule has 19 heavy (non-hydrogen) atoms. The highest BCUT2D eigenvalue weighted by Crippen LogP contribution is 2.29. The Bertz CT molecular complexity index is 614. The van der Waals surface area contributed by atoms with Crippen molar-refractivity contribution in [3.63, 3.8) is 0 Å². The van der Waals surface area contributed by atoms with E-state index in [2.05, 4.69) is 15.3 Å². The maximum Gasteiger partial charge on any atom is 0.161 e. The lowest BCUT2D eigenvalue weighted by molar-refractivity contribution is 0.900. The number of anilines is 1. The molecule has 0 fully saturated rings. The first kappa shape index (κ1) is 12.1. The zero-order valence-corrected chi connectivity index (χ0v) is 11.6. The van der Waals surface area contributed by atoms with E-state index in [9.17, 15) is 0 Å². The molecule has 0 radical (unpaired) electrons. The van der Waals surface area contributed by atoms with Gasteiger partial charge in [0.1, 0.15) is 5.82 Å². The Balaban J connectivity index is 2.15. The summed E-state index contributed by atoms with van der Waals surface area (Å²) in [5.41, 5.74) is 5.54. The molecule has 2 aromatic heterocycles. The van der Waals surface area contributed by atoms with Crippen LogP contribution in [0.1, 0.15) is 29.1 Å². The van der Waals surface area contributed by atoms with Crippen molar-refractivity contribution in [2.75, 3.05) is 12.4 Å². The Morgan fingerprint density at radius 1 is 1.00 bits per heavy atom. The summed E-state index contributed by atoms with van der Waals surface area (Å²) >= 11 is 0. The first-order valence-corrected chi connectivity index (χ1v) is 6.70. The van der Waals surface area contributed by atoms with Gasteiger partial charge in [0.15, 0.2) is 5.82 Å². The molecular weight excluding hydrogens is 236 g/mol. The van der Waals surface area contributed by atoms with Gasteiger partial charge in [-0.2, -0.15) is 0 Å². The Labute approximate surface area is 113 Å². The van der Waals surface area contributed by atoms with E-state index in [-0.39, 0.29) is 0 Å². The molecule has 0 atom stereocenters. The Morgan fingerprint density at radius 2 is 1.74 bits per heavy atom. The number of fused-ring (bicyclic) bond motifs is 1. The average molecular weight is 254 g/mol. The fourth-order valence-corrected chi connectivity index (χ4v) is 2.73. The predicted molar refractivity (Wildman–Crippen MR) is 76.3 cm³/mol. The molecule has 0 saturated heterocycles. The van der Waals surface area contributed by atoms with E-state index in [0.717, 1.165) is 41.4 Å². The molecule has 0 unspecified atom stereocenters. The van der Waals surface area contributed by atoms with Gasteiger partial charge in [-0.05, 0) is 45.2 Å². The smallest absolute Gasteiger partial charge is 0.161 e. The summed E-state index contributed by atoms with van der Waals surface area (Å²) in [5.74, 6) is 1.78. The molecule has 0 amide bonds. The highest BCUT2D eigenvalue weighted by Gasteiger charge is 2.19. The zero-order chi connectivity index (χ0) is 13.4. The van der Waals surface area contributed by atoms with Gasteiger partial charge >= 0.3 is 0 Å². The fourth-order valence-electron chi connectivity index (χ4n) is 2.73. The van der Waals surface area contributed by atoms with E-state index in [0.29, 0.717) is 0 Å². The van der Waals surface area contributed by atoms with Crippen molar-refractivity contribution in [3.05, 3.63) is 34.8 Å². The second kappa shape index (κ2) is 4.61. The lowest BCUT2D eigenvalue weighted by Gasteiger charge is -2.10. The second-order valence-corrected chi connectivity index (χ2v) is 5.06. The van der Waals surface area contributed by atoms with Crippen molar-refractivity contribution >= 4 is 5.82 Å². The van der Waals surface area contributed by atoms with Gasteiger partial charge < -0.3 is 5.32 Å². The van der Waals surface area contributed by atoms with Gasteiger partial charge in [0.2, 0.25) is 0 Å². The van der Waals surface area contributed by atoms with Crippen LogP contribution in [0.2, 0.25) is 0 Å². The maximum absolute atomic E-state index is 4.74. The number of hydrogen-bond acceptors (Lipinski definition) is 4. The Morgan fingerprint density at radius 3 is 2.42 bits per heavy atom. The topological polar surface area (TPSA) is 50.7 Å². The van der Waals surface area contributed by atoms with E-state index in [1.54, 1.807) is 0 Å². The third kappa shape index (κ3) is 2.18. The molecule has 2 aromatic rings. The van der Waals surface area contributed by atoms with Crippen LogP contribution in [0.25, 0.3) is 11.4 Å². The summed E-state index contributed by atoms with van der Waals surface area (Å²) in [6, 6.07) is 4.09. The highest BCUT2D eigenvalue weighted by atomic mass is 15.0. The summed E-state index contributed by atoms with van der Waals surface area (Å²) in [5, 5.41) is 3.20. The van der Waals surface area contributed by atoms with Crippen molar-refractivity contribution in [2.45, 2.75) is 33.1 Å². The molecule has 1 aliphatic carbocycles. The van der Waals surface area contributed by atoms with Gasteiger partial charge in [-0.1, -0.05) is 0 Å². The maximum atomic E-state index is 4.74. The monoisotopic (exact) mass is 254 g/mol. The molecule has 0 bridgehead atoms. The van der Waals surface area contributed by atoms with Crippen LogP contribution in [0, 0.1) is 13.8 Å². The third-order valence-corrected chi connectivity index (χ3v) is 3.51. The van der Waals surface area contributed by atoms with Gasteiger partial charge in [-0.3, -0.25) is 4.98 Å². The molecule has 98 valence electrons. The van der Waals surface area contributed by atoms with Gasteiger partial charge in [-0.15, -0.1) is 0 Å². The molecule has 0 saturated carbocycles. The van der Waals surface area contributed by atoms with Gasteiger partial charge in [-0.25, -0.2) is 9.97 Å². The number of hydrogen-bond donors (Lipinski definition) is 1. The number of pyridine rings is 1. The molecule has 0 spiro atoms. The molecule has 0 aliphatic heterocycles. The van der Waals surface area contributed by atoms with Crippen LogP contribution >= 0.6 is 0 Å². The minimum Gasteiger partial charge on any atom is -0.373 e. The molecule has 2 heterocycles. The molecular formula is C15H18N4. The summed E-state index contributed by atoms with van der Waals surface area (Å²) in [6.07, 6.45) is 3.32. The van der Waals surface area contributed by atoms with Crippen LogP contribution in [0.5, 0.6) is 0 Å². The summed E-state index contributed by atoms with van der Waals surface area (Å²) in [4.78, 5) is 13.8. The van der Waals surface area contributed by atoms with Crippen molar-refractivity contribution in [1.82, 2.24) is 15.0 Å². The SMILES string of the molecule is CNc1nc(-c2cc(C)nc(C)c2)nc2c1CCC2. The molecule has 4 nitrogen and oxygen atoms in total. The van der Waals surface area contributed by atoms with E-state index in [4.69, 9.17) is 4.98 Å². The van der Waals surface area contributed by atoms with Crippen molar-refractivity contribution < 1.29 is 0 Å². The van der Waals surface area contributed by atoms with Gasteiger partial charge in [0, 0.05) is 35.3 Å². The Kier molecular flexibility index (Phi) is 2.93.